The molecule has 4 heteroatoms. The van der Waals surface area contributed by atoms with E-state index in [1.165, 1.54) is 0 Å². The molecular formula is C7H16NO2P. The first-order valence-corrected chi connectivity index (χ1v) is 5.84. The molecule has 1 N–H and O–H groups in total. The summed E-state index contributed by atoms with van der Waals surface area (Å²) in [6.07, 6.45) is 2.08. The molecule has 11 heavy (non-hydrogen) atoms. The Bertz CT molecular complexity index is 158. The standard InChI is InChI=1S/C7H16NO2P/c1-7(2)11(9)8-5-3-4-6-10-11/h7H,3-6H2,1-2H3,(H,8,9). The van der Waals surface area contributed by atoms with E-state index in [2.05, 4.69) is 5.09 Å². The van der Waals surface area contributed by atoms with E-state index in [1.54, 1.807) is 0 Å². The molecule has 0 bridgehead atoms. The molecule has 1 aliphatic rings. The molecule has 0 aliphatic carbocycles. The highest BCUT2D eigenvalue weighted by Crippen LogP contribution is 2.48. The third kappa shape index (κ3) is 2.29. The minimum Gasteiger partial charge on any atom is -0.317 e. The van der Waals surface area contributed by atoms with Crippen molar-refractivity contribution in [1.29, 1.82) is 0 Å². The fraction of sp³-hybridized carbons (Fsp3) is 1.00. The monoisotopic (exact) mass is 177 g/mol. The van der Waals surface area contributed by atoms with Crippen molar-refractivity contribution in [1.82, 2.24) is 5.09 Å². The Morgan fingerprint density at radius 3 is 2.82 bits per heavy atom. The molecule has 0 aromatic heterocycles. The topological polar surface area (TPSA) is 38.3 Å². The predicted octanol–water partition coefficient (Wildman–Crippen LogP) is 1.99. The number of hydrogen-bond donors (Lipinski definition) is 1. The maximum atomic E-state index is 11.8. The third-order valence-electron chi connectivity index (χ3n) is 1.87. The zero-order valence-electron chi connectivity index (χ0n) is 7.17. The summed E-state index contributed by atoms with van der Waals surface area (Å²) in [5.41, 5.74) is 0.0978. The normalized spacial score (nSPS) is 33.7. The molecule has 0 saturated carbocycles. The zero-order chi connectivity index (χ0) is 8.32. The van der Waals surface area contributed by atoms with Crippen molar-refractivity contribution >= 4 is 7.52 Å². The number of hydrogen-bond acceptors (Lipinski definition) is 2. The van der Waals surface area contributed by atoms with Crippen LogP contribution in [-0.4, -0.2) is 18.8 Å². The van der Waals surface area contributed by atoms with E-state index >= 15 is 0 Å². The van der Waals surface area contributed by atoms with Crippen LogP contribution in [0.5, 0.6) is 0 Å². The average molecular weight is 177 g/mol. The van der Waals surface area contributed by atoms with Gasteiger partial charge in [-0.1, -0.05) is 13.8 Å². The van der Waals surface area contributed by atoms with Gasteiger partial charge in [-0.3, -0.25) is 4.57 Å². The van der Waals surface area contributed by atoms with Crippen molar-refractivity contribution in [3.8, 4) is 0 Å². The Balaban J connectivity index is 2.60. The van der Waals surface area contributed by atoms with Crippen LogP contribution in [0, 0.1) is 0 Å². The lowest BCUT2D eigenvalue weighted by atomic mass is 10.3. The van der Waals surface area contributed by atoms with Crippen LogP contribution in [-0.2, 0) is 9.09 Å². The van der Waals surface area contributed by atoms with Crippen LogP contribution in [0.15, 0.2) is 0 Å². The van der Waals surface area contributed by atoms with Crippen LogP contribution in [0.4, 0.5) is 0 Å². The van der Waals surface area contributed by atoms with Crippen LogP contribution in [0.1, 0.15) is 26.7 Å². The third-order valence-corrected chi connectivity index (χ3v) is 4.46. The van der Waals surface area contributed by atoms with Gasteiger partial charge in [0.25, 0.3) is 7.52 Å². The Kier molecular flexibility index (Phi) is 3.11. The highest BCUT2D eigenvalue weighted by Gasteiger charge is 2.28. The quantitative estimate of drug-likeness (QED) is 0.622. The van der Waals surface area contributed by atoms with Gasteiger partial charge in [0, 0.05) is 12.2 Å². The van der Waals surface area contributed by atoms with Crippen molar-refractivity contribution < 1.29 is 9.09 Å². The predicted molar refractivity (Wildman–Crippen MR) is 45.9 cm³/mol. The van der Waals surface area contributed by atoms with Crippen molar-refractivity contribution in [3.05, 3.63) is 0 Å². The molecule has 1 fully saturated rings. The fourth-order valence-electron chi connectivity index (χ4n) is 1.04. The molecule has 1 aliphatic heterocycles. The largest absolute Gasteiger partial charge is 0.317 e. The van der Waals surface area contributed by atoms with Crippen molar-refractivity contribution in [2.24, 2.45) is 0 Å². The van der Waals surface area contributed by atoms with Gasteiger partial charge in [0.2, 0.25) is 0 Å². The molecule has 0 radical (unpaired) electrons. The van der Waals surface area contributed by atoms with Gasteiger partial charge in [-0.2, -0.15) is 0 Å². The van der Waals surface area contributed by atoms with E-state index in [0.717, 1.165) is 19.4 Å². The molecule has 0 amide bonds. The second kappa shape index (κ2) is 3.70. The maximum absolute atomic E-state index is 11.8. The lowest BCUT2D eigenvalue weighted by Crippen LogP contribution is -2.17. The van der Waals surface area contributed by atoms with E-state index < -0.39 is 7.52 Å². The first-order chi connectivity index (χ1) is 5.15. The molecule has 1 atom stereocenters. The molecule has 66 valence electrons. The van der Waals surface area contributed by atoms with Gasteiger partial charge in [0.1, 0.15) is 0 Å². The fourth-order valence-corrected chi connectivity index (χ4v) is 2.66. The summed E-state index contributed by atoms with van der Waals surface area (Å²) in [4.78, 5) is 0. The molecule has 1 saturated heterocycles. The summed E-state index contributed by atoms with van der Waals surface area (Å²) in [5, 5.41) is 2.99. The lowest BCUT2D eigenvalue weighted by Gasteiger charge is -2.19. The second-order valence-electron chi connectivity index (χ2n) is 3.14. The number of rotatable bonds is 1. The average Bonchev–Trinajstić information content (AvgIpc) is 2.15. The van der Waals surface area contributed by atoms with Crippen molar-refractivity contribution in [3.63, 3.8) is 0 Å². The van der Waals surface area contributed by atoms with Crippen LogP contribution in [0.2, 0.25) is 0 Å². The summed E-state index contributed by atoms with van der Waals surface area (Å²) in [7, 11) is -2.48. The summed E-state index contributed by atoms with van der Waals surface area (Å²) in [5.74, 6) is 0. The minimum absolute atomic E-state index is 0.0978. The van der Waals surface area contributed by atoms with Crippen LogP contribution in [0.25, 0.3) is 0 Å². The highest BCUT2D eigenvalue weighted by molar-refractivity contribution is 7.57. The van der Waals surface area contributed by atoms with Crippen LogP contribution < -0.4 is 5.09 Å². The van der Waals surface area contributed by atoms with Gasteiger partial charge >= 0.3 is 0 Å². The second-order valence-corrected chi connectivity index (χ2v) is 5.94. The first-order valence-electron chi connectivity index (χ1n) is 4.14. The molecule has 1 rings (SSSR count). The van der Waals surface area contributed by atoms with E-state index in [-0.39, 0.29) is 5.66 Å². The summed E-state index contributed by atoms with van der Waals surface area (Å²) >= 11 is 0. The molecule has 3 nitrogen and oxygen atoms in total. The van der Waals surface area contributed by atoms with Gasteiger partial charge in [-0.05, 0) is 12.8 Å². The first kappa shape index (κ1) is 9.24. The highest BCUT2D eigenvalue weighted by atomic mass is 31.2. The van der Waals surface area contributed by atoms with Crippen LogP contribution >= 0.6 is 7.52 Å². The molecule has 1 heterocycles. The zero-order valence-corrected chi connectivity index (χ0v) is 8.06. The van der Waals surface area contributed by atoms with E-state index in [1.807, 2.05) is 13.8 Å². The van der Waals surface area contributed by atoms with Crippen molar-refractivity contribution in [2.45, 2.75) is 32.3 Å². The SMILES string of the molecule is CC(C)P1(=O)NCCCCO1. The lowest BCUT2D eigenvalue weighted by molar-refractivity contribution is 0.308. The summed E-state index contributed by atoms with van der Waals surface area (Å²) in [6.45, 7) is 5.33. The molecule has 0 aromatic rings. The molecule has 0 spiro atoms. The van der Waals surface area contributed by atoms with Gasteiger partial charge in [-0.25, -0.2) is 5.09 Å². The van der Waals surface area contributed by atoms with Crippen molar-refractivity contribution in [2.75, 3.05) is 13.2 Å². The van der Waals surface area contributed by atoms with Gasteiger partial charge in [0.15, 0.2) is 0 Å². The number of nitrogens with one attached hydrogen (secondary N) is 1. The van der Waals surface area contributed by atoms with E-state index in [4.69, 9.17) is 4.52 Å². The Morgan fingerprint density at radius 2 is 2.18 bits per heavy atom. The van der Waals surface area contributed by atoms with Gasteiger partial charge in [-0.15, -0.1) is 0 Å². The minimum atomic E-state index is -2.48. The van der Waals surface area contributed by atoms with E-state index in [9.17, 15) is 4.57 Å². The van der Waals surface area contributed by atoms with E-state index in [0.29, 0.717) is 6.61 Å². The van der Waals surface area contributed by atoms with Gasteiger partial charge in [0.05, 0.1) is 6.61 Å². The molecule has 1 unspecified atom stereocenters. The maximum Gasteiger partial charge on any atom is 0.272 e. The Hall–Kier alpha value is 0.150. The smallest absolute Gasteiger partial charge is 0.272 e. The summed E-state index contributed by atoms with van der Waals surface area (Å²) in [6, 6.07) is 0. The Morgan fingerprint density at radius 1 is 1.45 bits per heavy atom. The summed E-state index contributed by atoms with van der Waals surface area (Å²) < 4.78 is 17.1. The van der Waals surface area contributed by atoms with Crippen LogP contribution in [0.3, 0.4) is 0 Å². The molecular weight excluding hydrogens is 161 g/mol. The Labute approximate surface area is 68.0 Å². The molecule has 0 aromatic carbocycles. The van der Waals surface area contributed by atoms with Gasteiger partial charge < -0.3 is 4.52 Å².